The highest BCUT2D eigenvalue weighted by Crippen LogP contribution is 2.46. The van der Waals surface area contributed by atoms with E-state index in [1.54, 1.807) is 0 Å². The van der Waals surface area contributed by atoms with Gasteiger partial charge < -0.3 is 0 Å². The van der Waals surface area contributed by atoms with Crippen LogP contribution in [0.15, 0.2) is 77.9 Å². The zero-order chi connectivity index (χ0) is 18.9. The van der Waals surface area contributed by atoms with Gasteiger partial charge in [-0.05, 0) is 40.3 Å². The molecule has 3 aromatic carbocycles. The molecule has 0 unspecified atom stereocenters. The number of rotatable bonds is 3. The van der Waals surface area contributed by atoms with E-state index in [1.165, 1.54) is 33.4 Å². The van der Waals surface area contributed by atoms with Gasteiger partial charge in [0, 0.05) is 26.2 Å². The number of benzene rings is 3. The Bertz CT molecular complexity index is 970. The fraction of sp³-hybridized carbons (Fsp3) is 0.240. The van der Waals surface area contributed by atoms with E-state index in [0.29, 0.717) is 6.04 Å². The molecule has 0 aromatic heterocycles. The van der Waals surface area contributed by atoms with Gasteiger partial charge in [-0.15, -0.1) is 0 Å². The Morgan fingerprint density at radius 3 is 1.96 bits per heavy atom. The number of piperazine rings is 1. The number of hydrogen-bond acceptors (Lipinski definition) is 3. The minimum absolute atomic E-state index is 0.370. The van der Waals surface area contributed by atoms with Gasteiger partial charge in [0.15, 0.2) is 0 Å². The van der Waals surface area contributed by atoms with Crippen LogP contribution >= 0.6 is 0 Å². The Labute approximate surface area is 166 Å². The van der Waals surface area contributed by atoms with Crippen LogP contribution in [0.5, 0.6) is 0 Å². The van der Waals surface area contributed by atoms with Crippen LogP contribution in [0.1, 0.15) is 28.3 Å². The molecule has 1 fully saturated rings. The third kappa shape index (κ3) is 3.02. The Hall–Kier alpha value is -2.91. The molecule has 3 aromatic rings. The molecule has 1 aliphatic carbocycles. The summed E-state index contributed by atoms with van der Waals surface area (Å²) in [5, 5.41) is 6.95. The van der Waals surface area contributed by atoms with Gasteiger partial charge in [-0.1, -0.05) is 72.8 Å². The van der Waals surface area contributed by atoms with E-state index in [0.717, 1.165) is 26.2 Å². The van der Waals surface area contributed by atoms with Gasteiger partial charge in [-0.2, -0.15) is 5.10 Å². The maximum atomic E-state index is 4.75. The lowest BCUT2D eigenvalue weighted by Crippen LogP contribution is -2.45. The predicted molar refractivity (Wildman–Crippen MR) is 116 cm³/mol. The van der Waals surface area contributed by atoms with Crippen LogP contribution in [0.3, 0.4) is 0 Å². The second kappa shape index (κ2) is 7.25. The van der Waals surface area contributed by atoms with Gasteiger partial charge in [-0.25, -0.2) is 0 Å². The van der Waals surface area contributed by atoms with E-state index in [9.17, 15) is 0 Å². The lowest BCUT2D eigenvalue weighted by atomic mass is 10.0. The lowest BCUT2D eigenvalue weighted by molar-refractivity contribution is 0.114. The van der Waals surface area contributed by atoms with E-state index in [4.69, 9.17) is 5.10 Å². The summed E-state index contributed by atoms with van der Waals surface area (Å²) in [6, 6.07) is 26.5. The summed E-state index contributed by atoms with van der Waals surface area (Å²) >= 11 is 0. The second-order valence-electron chi connectivity index (χ2n) is 7.67. The SMILES string of the molecule is Cc1ccccc1/C=N\N1CCN(C2c3ccccc3-c3ccccc32)CC1. The van der Waals surface area contributed by atoms with E-state index in [1.807, 2.05) is 6.21 Å². The first-order valence-corrected chi connectivity index (χ1v) is 10.1. The maximum Gasteiger partial charge on any atom is 0.0615 e. The fourth-order valence-electron chi connectivity index (χ4n) is 4.48. The summed E-state index contributed by atoms with van der Waals surface area (Å²) in [6.45, 7) is 6.11. The third-order valence-electron chi connectivity index (χ3n) is 6.01. The molecule has 0 spiro atoms. The zero-order valence-electron chi connectivity index (χ0n) is 16.3. The molecule has 1 saturated heterocycles. The second-order valence-corrected chi connectivity index (χ2v) is 7.67. The molecule has 0 amide bonds. The van der Waals surface area contributed by atoms with Crippen LogP contribution in [0.4, 0.5) is 0 Å². The number of fused-ring (bicyclic) bond motifs is 3. The van der Waals surface area contributed by atoms with Crippen molar-refractivity contribution >= 4 is 6.21 Å². The molecule has 1 aliphatic heterocycles. The van der Waals surface area contributed by atoms with Crippen molar-refractivity contribution in [3.8, 4) is 11.1 Å². The quantitative estimate of drug-likeness (QED) is 0.624. The number of nitrogens with zero attached hydrogens (tertiary/aromatic N) is 3. The molecule has 5 rings (SSSR count). The Morgan fingerprint density at radius 2 is 1.32 bits per heavy atom. The van der Waals surface area contributed by atoms with Crippen molar-refractivity contribution in [3.05, 3.63) is 95.1 Å². The van der Waals surface area contributed by atoms with Crippen LogP contribution in [0.2, 0.25) is 0 Å². The van der Waals surface area contributed by atoms with Gasteiger partial charge in [0.2, 0.25) is 0 Å². The molecular weight excluding hydrogens is 342 g/mol. The van der Waals surface area contributed by atoms with Gasteiger partial charge in [0.05, 0.1) is 12.3 Å². The average molecular weight is 367 g/mol. The molecule has 2 aliphatic rings. The molecule has 0 atom stereocenters. The normalized spacial score (nSPS) is 17.1. The van der Waals surface area contributed by atoms with Crippen LogP contribution in [0, 0.1) is 6.92 Å². The lowest BCUT2D eigenvalue weighted by Gasteiger charge is -2.37. The van der Waals surface area contributed by atoms with Crippen LogP contribution < -0.4 is 0 Å². The monoisotopic (exact) mass is 367 g/mol. The Balaban J connectivity index is 1.33. The minimum atomic E-state index is 0.370. The molecule has 0 N–H and O–H groups in total. The predicted octanol–water partition coefficient (Wildman–Crippen LogP) is 4.72. The maximum absolute atomic E-state index is 4.75. The standard InChI is InChI=1S/C25H25N3/c1-19-8-2-3-9-20(19)18-26-28-16-14-27(15-17-28)25-23-12-6-4-10-21(23)22-11-5-7-13-24(22)25/h2-13,18,25H,14-17H2,1H3/b26-18-. The highest BCUT2D eigenvalue weighted by atomic mass is 15.5. The molecule has 0 bridgehead atoms. The topological polar surface area (TPSA) is 18.8 Å². The first-order valence-electron chi connectivity index (χ1n) is 10.1. The number of hydrogen-bond donors (Lipinski definition) is 0. The van der Waals surface area contributed by atoms with Crippen molar-refractivity contribution in [1.29, 1.82) is 0 Å². The van der Waals surface area contributed by atoms with Crippen molar-refractivity contribution in [3.63, 3.8) is 0 Å². The summed E-state index contributed by atoms with van der Waals surface area (Å²) in [7, 11) is 0. The fourth-order valence-corrected chi connectivity index (χ4v) is 4.48. The molecule has 1 heterocycles. The van der Waals surface area contributed by atoms with E-state index in [-0.39, 0.29) is 0 Å². The van der Waals surface area contributed by atoms with Crippen molar-refractivity contribution in [1.82, 2.24) is 9.91 Å². The van der Waals surface area contributed by atoms with Crippen LogP contribution in [-0.2, 0) is 0 Å². The summed E-state index contributed by atoms with van der Waals surface area (Å²) in [6.07, 6.45) is 2.01. The van der Waals surface area contributed by atoms with Crippen LogP contribution in [0.25, 0.3) is 11.1 Å². The van der Waals surface area contributed by atoms with E-state index >= 15 is 0 Å². The molecular formula is C25H25N3. The molecule has 0 radical (unpaired) electrons. The van der Waals surface area contributed by atoms with E-state index in [2.05, 4.69) is 89.6 Å². The summed E-state index contributed by atoms with van der Waals surface area (Å²) < 4.78 is 0. The number of hydrazone groups is 1. The van der Waals surface area contributed by atoms with Gasteiger partial charge >= 0.3 is 0 Å². The minimum Gasteiger partial charge on any atom is -0.294 e. The van der Waals surface area contributed by atoms with Gasteiger partial charge in [0.1, 0.15) is 0 Å². The average Bonchev–Trinajstić information content (AvgIpc) is 3.08. The molecule has 140 valence electrons. The van der Waals surface area contributed by atoms with Crippen LogP contribution in [-0.4, -0.2) is 42.3 Å². The zero-order valence-corrected chi connectivity index (χ0v) is 16.3. The Morgan fingerprint density at radius 1 is 0.750 bits per heavy atom. The highest BCUT2D eigenvalue weighted by molar-refractivity contribution is 5.81. The van der Waals surface area contributed by atoms with Crippen molar-refractivity contribution in [2.45, 2.75) is 13.0 Å². The molecule has 28 heavy (non-hydrogen) atoms. The summed E-state index contributed by atoms with van der Waals surface area (Å²) in [4.78, 5) is 2.62. The first-order chi connectivity index (χ1) is 13.8. The third-order valence-corrected chi connectivity index (χ3v) is 6.01. The Kier molecular flexibility index (Phi) is 4.46. The van der Waals surface area contributed by atoms with Crippen molar-refractivity contribution in [2.75, 3.05) is 26.2 Å². The first kappa shape index (κ1) is 17.2. The van der Waals surface area contributed by atoms with Crippen molar-refractivity contribution in [2.24, 2.45) is 5.10 Å². The van der Waals surface area contributed by atoms with Gasteiger partial charge in [0.25, 0.3) is 0 Å². The summed E-state index contributed by atoms with van der Waals surface area (Å²) in [5.74, 6) is 0. The number of aryl methyl sites for hydroxylation is 1. The van der Waals surface area contributed by atoms with Crippen molar-refractivity contribution < 1.29 is 0 Å². The molecule has 3 heteroatoms. The van der Waals surface area contributed by atoms with E-state index < -0.39 is 0 Å². The van der Waals surface area contributed by atoms with Gasteiger partial charge in [-0.3, -0.25) is 9.91 Å². The largest absolute Gasteiger partial charge is 0.294 e. The summed E-state index contributed by atoms with van der Waals surface area (Å²) in [5.41, 5.74) is 8.14. The molecule has 3 nitrogen and oxygen atoms in total. The highest BCUT2D eigenvalue weighted by Gasteiger charge is 2.33. The smallest absolute Gasteiger partial charge is 0.0615 e. The molecule has 0 saturated carbocycles.